The van der Waals surface area contributed by atoms with Crippen LogP contribution in [0.15, 0.2) is 54.6 Å². The molecule has 31 heavy (non-hydrogen) atoms. The van der Waals surface area contributed by atoms with Gasteiger partial charge in [0.05, 0.1) is 0 Å². The molecular weight excluding hydrogens is 376 g/mol. The number of hydrogen-bond donors (Lipinski definition) is 1. The van der Waals surface area contributed by atoms with E-state index < -0.39 is 0 Å². The summed E-state index contributed by atoms with van der Waals surface area (Å²) in [6.07, 6.45) is 9.30. The van der Waals surface area contributed by atoms with Gasteiger partial charge in [-0.05, 0) is 64.1 Å². The first-order valence-corrected chi connectivity index (χ1v) is 12.1. The van der Waals surface area contributed by atoms with E-state index in [9.17, 15) is 0 Å². The van der Waals surface area contributed by atoms with Gasteiger partial charge in [0, 0.05) is 37.3 Å². The number of hydrogen-bond acceptors (Lipinski definition) is 2. The fourth-order valence-corrected chi connectivity index (χ4v) is 6.16. The summed E-state index contributed by atoms with van der Waals surface area (Å²) < 4.78 is 0. The van der Waals surface area contributed by atoms with Gasteiger partial charge in [0.15, 0.2) is 0 Å². The zero-order valence-electron chi connectivity index (χ0n) is 18.4. The molecule has 0 unspecified atom stereocenters. The Bertz CT molecular complexity index is 1120. The van der Waals surface area contributed by atoms with Crippen molar-refractivity contribution in [1.29, 1.82) is 0 Å². The lowest BCUT2D eigenvalue weighted by atomic mass is 9.87. The summed E-state index contributed by atoms with van der Waals surface area (Å²) in [4.78, 5) is 2.69. The Morgan fingerprint density at radius 1 is 0.806 bits per heavy atom. The van der Waals surface area contributed by atoms with Crippen molar-refractivity contribution in [3.8, 4) is 22.3 Å². The van der Waals surface area contributed by atoms with Crippen molar-refractivity contribution in [3.63, 3.8) is 0 Å². The Morgan fingerprint density at radius 3 is 2.55 bits per heavy atom. The summed E-state index contributed by atoms with van der Waals surface area (Å²) in [6, 6.07) is 20.3. The summed E-state index contributed by atoms with van der Waals surface area (Å²) in [5.74, 6) is 0.921. The Kier molecular flexibility index (Phi) is 4.84. The minimum Gasteiger partial charge on any atom is -0.398 e. The average Bonchev–Trinajstić information content (AvgIpc) is 3.20. The Balaban J connectivity index is 1.24. The quantitative estimate of drug-likeness (QED) is 0.395. The molecule has 158 valence electrons. The fraction of sp³-hybridized carbons (Fsp3) is 0.379. The van der Waals surface area contributed by atoms with Gasteiger partial charge in [-0.2, -0.15) is 0 Å². The van der Waals surface area contributed by atoms with E-state index in [4.69, 9.17) is 5.73 Å². The molecule has 0 atom stereocenters. The van der Waals surface area contributed by atoms with E-state index >= 15 is 0 Å². The topological polar surface area (TPSA) is 29.3 Å². The van der Waals surface area contributed by atoms with E-state index in [1.807, 2.05) is 0 Å². The molecule has 0 radical (unpaired) electrons. The van der Waals surface area contributed by atoms with Crippen LogP contribution in [0.4, 0.5) is 5.69 Å². The van der Waals surface area contributed by atoms with E-state index in [0.29, 0.717) is 0 Å². The molecule has 3 aromatic rings. The number of fused-ring (bicyclic) bond motifs is 4. The molecule has 1 aliphatic heterocycles. The van der Waals surface area contributed by atoms with Crippen LogP contribution in [0, 0.1) is 5.92 Å². The SMILES string of the molecule is Nc1c(-c2ccc3c(c2)CCN(CC2CCCCC2)C3)ccc2c1Cc1ccccc1-2. The van der Waals surface area contributed by atoms with Crippen molar-refractivity contribution < 1.29 is 0 Å². The molecule has 2 N–H and O–H groups in total. The molecule has 2 aliphatic carbocycles. The molecule has 0 bridgehead atoms. The Morgan fingerprint density at radius 2 is 1.65 bits per heavy atom. The van der Waals surface area contributed by atoms with Gasteiger partial charge >= 0.3 is 0 Å². The van der Waals surface area contributed by atoms with E-state index in [-0.39, 0.29) is 0 Å². The van der Waals surface area contributed by atoms with Gasteiger partial charge in [0.25, 0.3) is 0 Å². The monoisotopic (exact) mass is 408 g/mol. The summed E-state index contributed by atoms with van der Waals surface area (Å²) >= 11 is 0. The van der Waals surface area contributed by atoms with Crippen LogP contribution in [0.3, 0.4) is 0 Å². The summed E-state index contributed by atoms with van der Waals surface area (Å²) in [5, 5.41) is 0. The molecule has 3 aromatic carbocycles. The number of rotatable bonds is 3. The maximum absolute atomic E-state index is 6.74. The molecule has 0 spiro atoms. The number of nitrogen functional groups attached to an aromatic ring is 1. The van der Waals surface area contributed by atoms with Crippen LogP contribution in [0.25, 0.3) is 22.3 Å². The minimum absolute atomic E-state index is 0.921. The van der Waals surface area contributed by atoms with E-state index in [1.165, 1.54) is 89.7 Å². The highest BCUT2D eigenvalue weighted by Gasteiger charge is 2.24. The second-order valence-corrected chi connectivity index (χ2v) is 9.86. The van der Waals surface area contributed by atoms with Crippen LogP contribution in [-0.4, -0.2) is 18.0 Å². The molecule has 2 heteroatoms. The molecule has 2 nitrogen and oxygen atoms in total. The van der Waals surface area contributed by atoms with Crippen molar-refractivity contribution in [2.24, 2.45) is 5.92 Å². The van der Waals surface area contributed by atoms with Gasteiger partial charge in [0.2, 0.25) is 0 Å². The standard InChI is InChI=1S/C29H32N2/c30-29-26(12-13-27-25-9-5-4-8-22(25)17-28(27)29)23-10-11-24-19-31(15-14-21(24)16-23)18-20-6-2-1-3-7-20/h4-5,8-13,16,20H,1-3,6-7,14-15,17-19,30H2. The summed E-state index contributed by atoms with van der Waals surface area (Å²) in [6.45, 7) is 3.60. The van der Waals surface area contributed by atoms with E-state index in [0.717, 1.165) is 31.0 Å². The van der Waals surface area contributed by atoms with Crippen molar-refractivity contribution in [2.75, 3.05) is 18.8 Å². The zero-order valence-corrected chi connectivity index (χ0v) is 18.4. The predicted molar refractivity (Wildman–Crippen MR) is 130 cm³/mol. The Hall–Kier alpha value is -2.58. The number of anilines is 1. The smallest absolute Gasteiger partial charge is 0.0435 e. The fourth-order valence-electron chi connectivity index (χ4n) is 6.16. The Labute approximate surface area is 186 Å². The first-order chi connectivity index (χ1) is 15.3. The number of nitrogens with zero attached hydrogens (tertiary/aromatic N) is 1. The lowest BCUT2D eigenvalue weighted by molar-refractivity contribution is 0.187. The number of benzene rings is 3. The van der Waals surface area contributed by atoms with Gasteiger partial charge in [0.1, 0.15) is 0 Å². The van der Waals surface area contributed by atoms with Crippen LogP contribution in [0.1, 0.15) is 54.4 Å². The number of nitrogens with two attached hydrogens (primary N) is 1. The van der Waals surface area contributed by atoms with Crippen molar-refractivity contribution in [3.05, 3.63) is 76.9 Å². The van der Waals surface area contributed by atoms with E-state index in [1.54, 1.807) is 0 Å². The van der Waals surface area contributed by atoms with Crippen molar-refractivity contribution in [2.45, 2.75) is 51.5 Å². The second kappa shape index (κ2) is 7.84. The third-order valence-electron chi connectivity index (χ3n) is 7.88. The van der Waals surface area contributed by atoms with E-state index in [2.05, 4.69) is 59.5 Å². The summed E-state index contributed by atoms with van der Waals surface area (Å²) in [7, 11) is 0. The highest BCUT2D eigenvalue weighted by atomic mass is 15.1. The highest BCUT2D eigenvalue weighted by Crippen LogP contribution is 2.43. The van der Waals surface area contributed by atoms with Crippen LogP contribution in [0.2, 0.25) is 0 Å². The van der Waals surface area contributed by atoms with Gasteiger partial charge in [-0.1, -0.05) is 73.9 Å². The van der Waals surface area contributed by atoms with Crippen LogP contribution in [0.5, 0.6) is 0 Å². The molecule has 6 rings (SSSR count). The second-order valence-electron chi connectivity index (χ2n) is 9.86. The van der Waals surface area contributed by atoms with Crippen LogP contribution in [-0.2, 0) is 19.4 Å². The lowest BCUT2D eigenvalue weighted by Gasteiger charge is -2.33. The third kappa shape index (κ3) is 3.47. The van der Waals surface area contributed by atoms with Crippen molar-refractivity contribution in [1.82, 2.24) is 4.90 Å². The first-order valence-electron chi connectivity index (χ1n) is 12.1. The van der Waals surface area contributed by atoms with Gasteiger partial charge in [-0.15, -0.1) is 0 Å². The first kappa shape index (κ1) is 19.1. The molecule has 0 amide bonds. The van der Waals surface area contributed by atoms with Crippen LogP contribution >= 0.6 is 0 Å². The molecule has 1 heterocycles. The molecular formula is C29H32N2. The highest BCUT2D eigenvalue weighted by molar-refractivity contribution is 5.89. The van der Waals surface area contributed by atoms with Gasteiger partial charge in [-0.3, -0.25) is 4.90 Å². The van der Waals surface area contributed by atoms with Gasteiger partial charge in [-0.25, -0.2) is 0 Å². The summed E-state index contributed by atoms with van der Waals surface area (Å²) in [5.41, 5.74) is 18.5. The zero-order chi connectivity index (χ0) is 20.8. The molecule has 1 fully saturated rings. The largest absolute Gasteiger partial charge is 0.398 e. The normalized spacial score (nSPS) is 18.5. The lowest BCUT2D eigenvalue weighted by Crippen LogP contribution is -2.35. The predicted octanol–water partition coefficient (Wildman–Crippen LogP) is 6.45. The minimum atomic E-state index is 0.921. The van der Waals surface area contributed by atoms with Crippen LogP contribution < -0.4 is 5.73 Å². The maximum Gasteiger partial charge on any atom is 0.0435 e. The maximum atomic E-state index is 6.74. The molecule has 1 saturated carbocycles. The van der Waals surface area contributed by atoms with Gasteiger partial charge < -0.3 is 5.73 Å². The molecule has 3 aliphatic rings. The molecule has 0 aromatic heterocycles. The van der Waals surface area contributed by atoms with Crippen molar-refractivity contribution >= 4 is 5.69 Å². The molecule has 0 saturated heterocycles. The average molecular weight is 409 g/mol. The third-order valence-corrected chi connectivity index (χ3v) is 7.88.